The van der Waals surface area contributed by atoms with Crippen LogP contribution in [-0.4, -0.2) is 25.8 Å². The second-order valence-electron chi connectivity index (χ2n) is 3.80. The summed E-state index contributed by atoms with van der Waals surface area (Å²) in [6.07, 6.45) is 4.63. The van der Waals surface area contributed by atoms with E-state index in [1.807, 2.05) is 0 Å². The third-order valence-electron chi connectivity index (χ3n) is 2.00. The first-order valence-electron chi connectivity index (χ1n) is 4.84. The minimum absolute atomic E-state index is 0.192. The lowest BCUT2D eigenvalue weighted by atomic mass is 10.4. The van der Waals surface area contributed by atoms with Gasteiger partial charge in [0.2, 0.25) is 10.0 Å². The molecule has 1 aliphatic rings. The van der Waals surface area contributed by atoms with Crippen LogP contribution in [0.1, 0.15) is 12.8 Å². The van der Waals surface area contributed by atoms with Crippen molar-refractivity contribution in [2.45, 2.75) is 18.9 Å². The Bertz CT molecular complexity index is 497. The number of anilines is 2. The lowest BCUT2D eigenvalue weighted by Gasteiger charge is -2.09. The van der Waals surface area contributed by atoms with Crippen LogP contribution < -0.4 is 15.2 Å². The molecule has 0 amide bonds. The molecule has 0 unspecified atom stereocenters. The SMILES string of the molecule is CS(=O)(=O)Nc1cnc(N)c(OC2CC2)c1. The number of nitrogens with one attached hydrogen (secondary N) is 1. The van der Waals surface area contributed by atoms with Crippen molar-refractivity contribution in [2.24, 2.45) is 0 Å². The second-order valence-corrected chi connectivity index (χ2v) is 5.55. The van der Waals surface area contributed by atoms with Crippen LogP contribution in [0.3, 0.4) is 0 Å². The molecule has 1 fully saturated rings. The Hall–Kier alpha value is -1.50. The molecule has 1 aromatic heterocycles. The molecule has 7 heteroatoms. The van der Waals surface area contributed by atoms with Gasteiger partial charge in [0.1, 0.15) is 0 Å². The highest BCUT2D eigenvalue weighted by atomic mass is 32.2. The van der Waals surface area contributed by atoms with E-state index in [9.17, 15) is 8.42 Å². The van der Waals surface area contributed by atoms with Crippen LogP contribution in [0.4, 0.5) is 11.5 Å². The van der Waals surface area contributed by atoms with Crippen LogP contribution in [0, 0.1) is 0 Å². The van der Waals surface area contributed by atoms with Crippen LogP contribution >= 0.6 is 0 Å². The van der Waals surface area contributed by atoms with Gasteiger partial charge in [-0.2, -0.15) is 0 Å². The largest absolute Gasteiger partial charge is 0.486 e. The molecule has 0 aliphatic heterocycles. The van der Waals surface area contributed by atoms with Gasteiger partial charge in [0, 0.05) is 6.07 Å². The predicted octanol–water partition coefficient (Wildman–Crippen LogP) is 0.576. The summed E-state index contributed by atoms with van der Waals surface area (Å²) < 4.78 is 29.8. The van der Waals surface area contributed by atoms with Crippen molar-refractivity contribution in [3.8, 4) is 5.75 Å². The number of hydrogen-bond acceptors (Lipinski definition) is 5. The van der Waals surface area contributed by atoms with Crippen molar-refractivity contribution >= 4 is 21.5 Å². The first-order chi connectivity index (χ1) is 7.44. The second kappa shape index (κ2) is 3.82. The number of nitrogen functional groups attached to an aromatic ring is 1. The average Bonchev–Trinajstić information content (AvgIpc) is 2.92. The Labute approximate surface area is 93.9 Å². The number of sulfonamides is 1. The van der Waals surface area contributed by atoms with E-state index in [0.29, 0.717) is 11.4 Å². The maximum Gasteiger partial charge on any atom is 0.229 e. The number of ether oxygens (including phenoxy) is 1. The molecule has 2 rings (SSSR count). The molecule has 1 aromatic rings. The highest BCUT2D eigenvalue weighted by Gasteiger charge is 2.24. The maximum absolute atomic E-state index is 11.0. The maximum atomic E-state index is 11.0. The van der Waals surface area contributed by atoms with Gasteiger partial charge in [-0.25, -0.2) is 13.4 Å². The molecule has 1 heterocycles. The zero-order valence-electron chi connectivity index (χ0n) is 8.80. The van der Waals surface area contributed by atoms with Gasteiger partial charge in [0.25, 0.3) is 0 Å². The van der Waals surface area contributed by atoms with Gasteiger partial charge in [-0.15, -0.1) is 0 Å². The van der Waals surface area contributed by atoms with Crippen LogP contribution in [0.15, 0.2) is 12.3 Å². The highest BCUT2D eigenvalue weighted by Crippen LogP contribution is 2.31. The highest BCUT2D eigenvalue weighted by molar-refractivity contribution is 7.92. The summed E-state index contributed by atoms with van der Waals surface area (Å²) in [5, 5.41) is 0. The monoisotopic (exact) mass is 243 g/mol. The first kappa shape index (κ1) is 11.0. The smallest absolute Gasteiger partial charge is 0.229 e. The molecule has 0 aromatic carbocycles. The Balaban J connectivity index is 2.20. The Morgan fingerprint density at radius 2 is 2.25 bits per heavy atom. The third-order valence-corrected chi connectivity index (χ3v) is 2.61. The zero-order chi connectivity index (χ0) is 11.8. The fraction of sp³-hybridized carbons (Fsp3) is 0.444. The van der Waals surface area contributed by atoms with Gasteiger partial charge >= 0.3 is 0 Å². The molecule has 0 radical (unpaired) electrons. The summed E-state index contributed by atoms with van der Waals surface area (Å²) in [6.45, 7) is 0. The standard InChI is InChI=1S/C9H13N3O3S/c1-16(13,14)12-6-4-8(9(10)11-5-6)15-7-2-3-7/h4-5,7,12H,2-3H2,1H3,(H2,10,11). The van der Waals surface area contributed by atoms with Crippen LogP contribution in [-0.2, 0) is 10.0 Å². The van der Waals surface area contributed by atoms with Crippen LogP contribution in [0.2, 0.25) is 0 Å². The molecule has 1 saturated carbocycles. The van der Waals surface area contributed by atoms with Crippen LogP contribution in [0.5, 0.6) is 5.75 Å². The van der Waals surface area contributed by atoms with Crippen molar-refractivity contribution in [3.05, 3.63) is 12.3 Å². The van der Waals surface area contributed by atoms with Gasteiger partial charge in [0.15, 0.2) is 11.6 Å². The quantitative estimate of drug-likeness (QED) is 0.806. The first-order valence-corrected chi connectivity index (χ1v) is 6.73. The van der Waals surface area contributed by atoms with E-state index in [1.54, 1.807) is 6.07 Å². The van der Waals surface area contributed by atoms with Crippen molar-refractivity contribution in [1.29, 1.82) is 0 Å². The zero-order valence-corrected chi connectivity index (χ0v) is 9.62. The van der Waals surface area contributed by atoms with Crippen LogP contribution in [0.25, 0.3) is 0 Å². The molecule has 1 aliphatic carbocycles. The average molecular weight is 243 g/mol. The van der Waals surface area contributed by atoms with E-state index < -0.39 is 10.0 Å². The number of aromatic nitrogens is 1. The molecule has 16 heavy (non-hydrogen) atoms. The van der Waals surface area contributed by atoms with Gasteiger partial charge in [-0.1, -0.05) is 0 Å². The molecule has 3 N–H and O–H groups in total. The molecule has 0 bridgehead atoms. The minimum atomic E-state index is -3.31. The summed E-state index contributed by atoms with van der Waals surface area (Å²) in [6, 6.07) is 1.54. The summed E-state index contributed by atoms with van der Waals surface area (Å²) >= 11 is 0. The number of pyridine rings is 1. The van der Waals surface area contributed by atoms with Gasteiger partial charge in [0.05, 0.1) is 24.2 Å². The molecule has 0 atom stereocenters. The molecular weight excluding hydrogens is 230 g/mol. The molecule has 6 nitrogen and oxygen atoms in total. The molecule has 0 spiro atoms. The van der Waals surface area contributed by atoms with E-state index in [2.05, 4.69) is 9.71 Å². The van der Waals surface area contributed by atoms with Gasteiger partial charge in [-0.3, -0.25) is 4.72 Å². The van der Waals surface area contributed by atoms with Crippen molar-refractivity contribution in [2.75, 3.05) is 16.7 Å². The molecule has 0 saturated heterocycles. The van der Waals surface area contributed by atoms with E-state index in [-0.39, 0.29) is 11.9 Å². The summed E-state index contributed by atoms with van der Waals surface area (Å²) in [7, 11) is -3.31. The lowest BCUT2D eigenvalue weighted by molar-refractivity contribution is 0.304. The lowest BCUT2D eigenvalue weighted by Crippen LogP contribution is -2.10. The molecule has 88 valence electrons. The third kappa shape index (κ3) is 2.99. The van der Waals surface area contributed by atoms with Crippen molar-refractivity contribution in [3.63, 3.8) is 0 Å². The Morgan fingerprint density at radius 1 is 1.56 bits per heavy atom. The van der Waals surface area contributed by atoms with E-state index in [0.717, 1.165) is 19.1 Å². The van der Waals surface area contributed by atoms with Crippen molar-refractivity contribution in [1.82, 2.24) is 4.98 Å². The number of nitrogens with two attached hydrogens (primary N) is 1. The van der Waals surface area contributed by atoms with E-state index in [4.69, 9.17) is 10.5 Å². The fourth-order valence-electron chi connectivity index (χ4n) is 1.18. The summed E-state index contributed by atoms with van der Waals surface area (Å²) in [4.78, 5) is 3.87. The fourth-order valence-corrected chi connectivity index (χ4v) is 1.72. The normalized spacial score (nSPS) is 15.8. The summed E-state index contributed by atoms with van der Waals surface area (Å²) in [5.74, 6) is 0.696. The Kier molecular flexibility index (Phi) is 2.63. The van der Waals surface area contributed by atoms with Gasteiger partial charge < -0.3 is 10.5 Å². The van der Waals surface area contributed by atoms with E-state index >= 15 is 0 Å². The Morgan fingerprint density at radius 3 is 2.81 bits per heavy atom. The minimum Gasteiger partial charge on any atom is -0.486 e. The van der Waals surface area contributed by atoms with Gasteiger partial charge in [-0.05, 0) is 12.8 Å². The number of rotatable bonds is 4. The number of nitrogens with zero attached hydrogens (tertiary/aromatic N) is 1. The van der Waals surface area contributed by atoms with E-state index in [1.165, 1.54) is 6.20 Å². The molecular formula is C9H13N3O3S. The van der Waals surface area contributed by atoms with Crippen molar-refractivity contribution < 1.29 is 13.2 Å². The topological polar surface area (TPSA) is 94.3 Å². The predicted molar refractivity (Wildman–Crippen MR) is 60.8 cm³/mol. The summed E-state index contributed by atoms with van der Waals surface area (Å²) in [5.41, 5.74) is 5.97. The number of hydrogen-bond donors (Lipinski definition) is 2.